The van der Waals surface area contributed by atoms with Crippen LogP contribution in [0.5, 0.6) is 0 Å². The number of fused-ring (bicyclic) bond motifs is 1. The van der Waals surface area contributed by atoms with Gasteiger partial charge < -0.3 is 0 Å². The first-order valence-corrected chi connectivity index (χ1v) is 4.68. The van der Waals surface area contributed by atoms with Crippen LogP contribution in [0.25, 0.3) is 10.2 Å². The van der Waals surface area contributed by atoms with Crippen LogP contribution >= 0.6 is 11.3 Å². The van der Waals surface area contributed by atoms with Gasteiger partial charge in [0.05, 0.1) is 10.2 Å². The van der Waals surface area contributed by atoms with Crippen LogP contribution in [0.4, 0.5) is 8.78 Å². The lowest BCUT2D eigenvalue weighted by Crippen LogP contribution is -2.09. The second-order valence-electron chi connectivity index (χ2n) is 2.65. The minimum Gasteiger partial charge on any atom is -0.285 e. The zero-order valence-electron chi connectivity index (χ0n) is 6.91. The van der Waals surface area contributed by atoms with Gasteiger partial charge in [-0.2, -0.15) is 0 Å². The van der Waals surface area contributed by atoms with Gasteiger partial charge in [-0.25, -0.2) is 13.8 Å². The van der Waals surface area contributed by atoms with Crippen molar-refractivity contribution in [2.75, 3.05) is 0 Å². The number of Topliss-reactive ketones (excluding diaryl/α,β-unsaturated/α-hetero) is 1. The number of carbonyl (C=O) groups excluding carboxylic acids is 1. The van der Waals surface area contributed by atoms with E-state index in [1.54, 1.807) is 24.3 Å². The Balaban J connectivity index is 2.50. The molecule has 0 unspecified atom stereocenters. The Morgan fingerprint density at radius 1 is 1.36 bits per heavy atom. The fourth-order valence-electron chi connectivity index (χ4n) is 1.07. The Hall–Kier alpha value is -1.36. The lowest BCUT2D eigenvalue weighted by atomic mass is 10.3. The van der Waals surface area contributed by atoms with Crippen LogP contribution in [0.15, 0.2) is 24.3 Å². The van der Waals surface area contributed by atoms with E-state index in [2.05, 4.69) is 4.98 Å². The molecule has 1 aromatic heterocycles. The van der Waals surface area contributed by atoms with Crippen molar-refractivity contribution in [1.82, 2.24) is 4.98 Å². The van der Waals surface area contributed by atoms with Crippen LogP contribution in [-0.4, -0.2) is 17.2 Å². The molecule has 0 saturated heterocycles. The van der Waals surface area contributed by atoms with E-state index in [9.17, 15) is 13.6 Å². The smallest absolute Gasteiger partial charge is 0.285 e. The van der Waals surface area contributed by atoms with Crippen LogP contribution in [0.3, 0.4) is 0 Å². The Morgan fingerprint density at radius 3 is 2.71 bits per heavy atom. The number of ketones is 1. The van der Waals surface area contributed by atoms with E-state index in [4.69, 9.17) is 0 Å². The molecule has 0 N–H and O–H groups in total. The Morgan fingerprint density at radius 2 is 2.07 bits per heavy atom. The van der Waals surface area contributed by atoms with Gasteiger partial charge in [-0.3, -0.25) is 4.79 Å². The van der Waals surface area contributed by atoms with Crippen molar-refractivity contribution >= 4 is 27.3 Å². The highest BCUT2D eigenvalue weighted by Crippen LogP contribution is 2.23. The maximum Gasteiger partial charge on any atom is 0.303 e. The summed E-state index contributed by atoms with van der Waals surface area (Å²) in [5, 5.41) is -0.124. The van der Waals surface area contributed by atoms with Crippen LogP contribution in [0.2, 0.25) is 0 Å². The average molecular weight is 213 g/mol. The van der Waals surface area contributed by atoms with Gasteiger partial charge in [0.1, 0.15) is 0 Å². The van der Waals surface area contributed by atoms with Crippen LogP contribution < -0.4 is 0 Å². The molecule has 14 heavy (non-hydrogen) atoms. The molecule has 0 amide bonds. The molecule has 0 aliphatic heterocycles. The van der Waals surface area contributed by atoms with E-state index < -0.39 is 12.2 Å². The van der Waals surface area contributed by atoms with Crippen molar-refractivity contribution in [3.05, 3.63) is 29.3 Å². The van der Waals surface area contributed by atoms with E-state index in [1.807, 2.05) is 0 Å². The molecule has 0 aliphatic rings. The van der Waals surface area contributed by atoms with E-state index in [-0.39, 0.29) is 5.01 Å². The number of benzene rings is 1. The highest BCUT2D eigenvalue weighted by molar-refractivity contribution is 7.20. The van der Waals surface area contributed by atoms with Crippen molar-refractivity contribution in [3.8, 4) is 0 Å². The summed E-state index contributed by atoms with van der Waals surface area (Å²) in [5.41, 5.74) is 0.585. The molecule has 2 rings (SSSR count). The van der Waals surface area contributed by atoms with Gasteiger partial charge in [-0.05, 0) is 12.1 Å². The minimum absolute atomic E-state index is 0.124. The predicted octanol–water partition coefficient (Wildman–Crippen LogP) is 2.74. The topological polar surface area (TPSA) is 30.0 Å². The molecular formula is C9H5F2NOS. The maximum absolute atomic E-state index is 12.1. The molecule has 0 fully saturated rings. The summed E-state index contributed by atoms with van der Waals surface area (Å²) in [5.74, 6) is -1.20. The van der Waals surface area contributed by atoms with Gasteiger partial charge in [0, 0.05) is 0 Å². The van der Waals surface area contributed by atoms with Gasteiger partial charge in [-0.1, -0.05) is 12.1 Å². The molecule has 2 nitrogen and oxygen atoms in total. The van der Waals surface area contributed by atoms with Gasteiger partial charge in [-0.15, -0.1) is 11.3 Å². The standard InChI is InChI=1S/C9H5F2NOS/c10-8(11)7(13)9-12-5-3-1-2-4-6(5)14-9/h1-4,8H. The summed E-state index contributed by atoms with van der Waals surface area (Å²) in [4.78, 5) is 14.7. The summed E-state index contributed by atoms with van der Waals surface area (Å²) in [6, 6.07) is 6.96. The molecule has 0 aliphatic carbocycles. The number of halogens is 2. The predicted molar refractivity (Wildman–Crippen MR) is 50.0 cm³/mol. The summed E-state index contributed by atoms with van der Waals surface area (Å²) in [7, 11) is 0. The summed E-state index contributed by atoms with van der Waals surface area (Å²) in [6.07, 6.45) is -2.98. The molecule has 0 bridgehead atoms. The van der Waals surface area contributed by atoms with Gasteiger partial charge in [0.15, 0.2) is 5.01 Å². The monoisotopic (exact) mass is 213 g/mol. The number of thiazole rings is 1. The van der Waals surface area contributed by atoms with E-state index >= 15 is 0 Å². The van der Waals surface area contributed by atoms with Gasteiger partial charge >= 0.3 is 6.43 Å². The molecule has 0 spiro atoms. The molecule has 1 heterocycles. The van der Waals surface area contributed by atoms with Crippen molar-refractivity contribution in [2.24, 2.45) is 0 Å². The number of nitrogens with zero attached hydrogens (tertiary/aromatic N) is 1. The van der Waals surface area contributed by atoms with Crippen LogP contribution in [-0.2, 0) is 0 Å². The van der Waals surface area contributed by atoms with Crippen LogP contribution in [0.1, 0.15) is 9.80 Å². The molecule has 0 radical (unpaired) electrons. The average Bonchev–Trinajstić information content (AvgIpc) is 2.59. The third-order valence-electron chi connectivity index (χ3n) is 1.70. The lowest BCUT2D eigenvalue weighted by molar-refractivity contribution is 0.0678. The number of alkyl halides is 2. The van der Waals surface area contributed by atoms with Crippen molar-refractivity contribution in [3.63, 3.8) is 0 Å². The fourth-order valence-corrected chi connectivity index (χ4v) is 1.98. The molecule has 1 aromatic carbocycles. The first-order valence-electron chi connectivity index (χ1n) is 3.86. The Labute approximate surface area is 82.2 Å². The fraction of sp³-hybridized carbons (Fsp3) is 0.111. The molecule has 0 saturated carbocycles. The van der Waals surface area contributed by atoms with Crippen molar-refractivity contribution in [2.45, 2.75) is 6.43 Å². The number of rotatable bonds is 2. The first-order chi connectivity index (χ1) is 6.68. The number of aromatic nitrogens is 1. The second kappa shape index (κ2) is 3.42. The van der Waals surface area contributed by atoms with E-state index in [0.717, 1.165) is 16.0 Å². The number of para-hydroxylation sites is 1. The Kier molecular flexibility index (Phi) is 2.25. The number of carbonyl (C=O) groups is 1. The van der Waals surface area contributed by atoms with Gasteiger partial charge in [0.2, 0.25) is 0 Å². The van der Waals surface area contributed by atoms with Crippen molar-refractivity contribution < 1.29 is 13.6 Å². The quantitative estimate of drug-likeness (QED) is 0.718. The molecular weight excluding hydrogens is 208 g/mol. The third kappa shape index (κ3) is 1.50. The zero-order valence-corrected chi connectivity index (χ0v) is 7.72. The van der Waals surface area contributed by atoms with E-state index in [1.165, 1.54) is 0 Å². The van der Waals surface area contributed by atoms with E-state index in [0.29, 0.717) is 5.52 Å². The summed E-state index contributed by atoms with van der Waals surface area (Å²) in [6.45, 7) is 0. The zero-order chi connectivity index (χ0) is 10.1. The Bertz CT molecular complexity index is 447. The lowest BCUT2D eigenvalue weighted by Gasteiger charge is -1.90. The van der Waals surface area contributed by atoms with Gasteiger partial charge in [0.25, 0.3) is 5.78 Å². The minimum atomic E-state index is -2.98. The highest BCUT2D eigenvalue weighted by atomic mass is 32.1. The SMILES string of the molecule is O=C(c1nc2ccccc2s1)C(F)F. The molecule has 2 aromatic rings. The summed E-state index contributed by atoms with van der Waals surface area (Å²) < 4.78 is 24.9. The summed E-state index contributed by atoms with van der Waals surface area (Å²) >= 11 is 0.993. The highest BCUT2D eigenvalue weighted by Gasteiger charge is 2.21. The maximum atomic E-state index is 12.1. The molecule has 72 valence electrons. The molecule has 5 heteroatoms. The third-order valence-corrected chi connectivity index (χ3v) is 2.75. The first kappa shape index (κ1) is 9.21. The molecule has 0 atom stereocenters. The largest absolute Gasteiger partial charge is 0.303 e. The van der Waals surface area contributed by atoms with Crippen LogP contribution in [0, 0.1) is 0 Å². The normalized spacial score (nSPS) is 11.1. The van der Waals surface area contributed by atoms with Crippen molar-refractivity contribution in [1.29, 1.82) is 0 Å². The number of hydrogen-bond donors (Lipinski definition) is 0. The number of hydrogen-bond acceptors (Lipinski definition) is 3. The second-order valence-corrected chi connectivity index (χ2v) is 3.68.